The van der Waals surface area contributed by atoms with Gasteiger partial charge in [-0.05, 0) is 52.9 Å². The van der Waals surface area contributed by atoms with Gasteiger partial charge in [0.15, 0.2) is 0 Å². The Balaban J connectivity index is 2.26. The molecule has 0 saturated carbocycles. The summed E-state index contributed by atoms with van der Waals surface area (Å²) in [7, 11) is 4.32. The molecule has 15 heavy (non-hydrogen) atoms. The molecule has 1 saturated heterocycles. The maximum Gasteiger partial charge on any atom is 0.0223 e. The first kappa shape index (κ1) is 12.9. The summed E-state index contributed by atoms with van der Waals surface area (Å²) >= 11 is 0. The Kier molecular flexibility index (Phi) is 5.58. The normalized spacial score (nSPS) is 25.0. The Hall–Kier alpha value is -0.120. The first-order chi connectivity index (χ1) is 7.13. The third kappa shape index (κ3) is 4.49. The van der Waals surface area contributed by atoms with Crippen molar-refractivity contribution in [2.45, 2.75) is 44.7 Å². The van der Waals surface area contributed by atoms with Crippen LogP contribution in [0.25, 0.3) is 0 Å². The molecule has 1 heterocycles. The molecule has 0 amide bonds. The van der Waals surface area contributed by atoms with Gasteiger partial charge in [-0.15, -0.1) is 0 Å². The van der Waals surface area contributed by atoms with Crippen molar-refractivity contribution in [1.82, 2.24) is 9.80 Å². The van der Waals surface area contributed by atoms with E-state index in [-0.39, 0.29) is 0 Å². The van der Waals surface area contributed by atoms with Gasteiger partial charge in [0.2, 0.25) is 0 Å². The van der Waals surface area contributed by atoms with Crippen LogP contribution in [0.3, 0.4) is 0 Å². The van der Waals surface area contributed by atoms with Crippen LogP contribution in [0.4, 0.5) is 0 Å². The first-order valence-corrected chi connectivity index (χ1v) is 6.27. The van der Waals surface area contributed by atoms with E-state index in [0.717, 1.165) is 18.9 Å². The average Bonchev–Trinajstić information content (AvgIpc) is 2.61. The van der Waals surface area contributed by atoms with Crippen LogP contribution in [0, 0.1) is 0 Å². The lowest BCUT2D eigenvalue weighted by molar-refractivity contribution is 0.201. The number of hydrogen-bond acceptors (Lipinski definition) is 3. The second kappa shape index (κ2) is 6.46. The van der Waals surface area contributed by atoms with Gasteiger partial charge in [0.05, 0.1) is 0 Å². The van der Waals surface area contributed by atoms with Gasteiger partial charge in [0.25, 0.3) is 0 Å². The first-order valence-electron chi connectivity index (χ1n) is 6.27. The average molecular weight is 213 g/mol. The van der Waals surface area contributed by atoms with Crippen LogP contribution in [0.5, 0.6) is 0 Å². The zero-order chi connectivity index (χ0) is 11.3. The van der Waals surface area contributed by atoms with Gasteiger partial charge >= 0.3 is 0 Å². The molecule has 2 unspecified atom stereocenters. The number of nitrogens with zero attached hydrogens (tertiary/aromatic N) is 2. The predicted molar refractivity (Wildman–Crippen MR) is 66.0 cm³/mol. The van der Waals surface area contributed by atoms with Crippen LogP contribution in [0.2, 0.25) is 0 Å². The van der Waals surface area contributed by atoms with E-state index in [1.54, 1.807) is 0 Å². The molecule has 0 bridgehead atoms. The van der Waals surface area contributed by atoms with Gasteiger partial charge in [0.1, 0.15) is 0 Å². The van der Waals surface area contributed by atoms with Crippen molar-refractivity contribution in [1.29, 1.82) is 0 Å². The van der Waals surface area contributed by atoms with Gasteiger partial charge in [-0.3, -0.25) is 4.90 Å². The summed E-state index contributed by atoms with van der Waals surface area (Å²) in [5.74, 6) is 0. The zero-order valence-electron chi connectivity index (χ0n) is 10.6. The molecule has 3 nitrogen and oxygen atoms in total. The molecule has 1 aliphatic rings. The molecular formula is C12H27N3. The third-order valence-electron chi connectivity index (χ3n) is 3.39. The van der Waals surface area contributed by atoms with Gasteiger partial charge in [-0.2, -0.15) is 0 Å². The van der Waals surface area contributed by atoms with Gasteiger partial charge in [-0.1, -0.05) is 6.92 Å². The number of rotatable bonds is 6. The van der Waals surface area contributed by atoms with E-state index in [9.17, 15) is 0 Å². The van der Waals surface area contributed by atoms with Crippen molar-refractivity contribution in [3.8, 4) is 0 Å². The molecule has 0 aromatic carbocycles. The number of likely N-dealkylation sites (N-methyl/N-ethyl adjacent to an activating group) is 1. The fraction of sp³-hybridized carbons (Fsp3) is 1.00. The van der Waals surface area contributed by atoms with E-state index in [0.29, 0.717) is 6.04 Å². The van der Waals surface area contributed by atoms with Crippen LogP contribution in [-0.2, 0) is 0 Å². The summed E-state index contributed by atoms with van der Waals surface area (Å²) in [6, 6.07) is 1.16. The van der Waals surface area contributed by atoms with Crippen molar-refractivity contribution in [2.24, 2.45) is 5.73 Å². The lowest BCUT2D eigenvalue weighted by Crippen LogP contribution is -2.39. The SMILES string of the molecule is CCC(N)CCN1CCCC1CN(C)C. The van der Waals surface area contributed by atoms with Crippen LogP contribution in [-0.4, -0.2) is 55.6 Å². The zero-order valence-corrected chi connectivity index (χ0v) is 10.6. The van der Waals surface area contributed by atoms with E-state index in [4.69, 9.17) is 5.73 Å². The highest BCUT2D eigenvalue weighted by Crippen LogP contribution is 2.18. The van der Waals surface area contributed by atoms with Crippen LogP contribution in [0.1, 0.15) is 32.6 Å². The minimum atomic E-state index is 0.394. The summed E-state index contributed by atoms with van der Waals surface area (Å²) in [6.45, 7) is 5.83. The van der Waals surface area contributed by atoms with Crippen LogP contribution < -0.4 is 5.73 Å². The highest BCUT2D eigenvalue weighted by Gasteiger charge is 2.24. The largest absolute Gasteiger partial charge is 0.328 e. The van der Waals surface area contributed by atoms with Crippen LogP contribution in [0.15, 0.2) is 0 Å². The molecule has 1 aliphatic heterocycles. The van der Waals surface area contributed by atoms with E-state index in [1.165, 1.54) is 32.5 Å². The smallest absolute Gasteiger partial charge is 0.0223 e. The molecule has 0 aromatic heterocycles. The van der Waals surface area contributed by atoms with Crippen molar-refractivity contribution < 1.29 is 0 Å². The molecule has 0 spiro atoms. The second-order valence-electron chi connectivity index (χ2n) is 5.05. The highest BCUT2D eigenvalue weighted by atomic mass is 15.2. The number of likely N-dealkylation sites (tertiary alicyclic amines) is 1. The minimum absolute atomic E-state index is 0.394. The summed E-state index contributed by atoms with van der Waals surface area (Å²) in [4.78, 5) is 4.91. The van der Waals surface area contributed by atoms with E-state index in [2.05, 4.69) is 30.8 Å². The van der Waals surface area contributed by atoms with Crippen LogP contribution >= 0.6 is 0 Å². The molecule has 2 N–H and O–H groups in total. The Bertz CT molecular complexity index is 170. The van der Waals surface area contributed by atoms with Crippen molar-refractivity contribution in [2.75, 3.05) is 33.7 Å². The summed E-state index contributed by atoms with van der Waals surface area (Å²) in [5.41, 5.74) is 5.96. The molecule has 3 heteroatoms. The topological polar surface area (TPSA) is 32.5 Å². The Morgan fingerprint density at radius 3 is 2.80 bits per heavy atom. The fourth-order valence-corrected chi connectivity index (χ4v) is 2.35. The fourth-order valence-electron chi connectivity index (χ4n) is 2.35. The van der Waals surface area contributed by atoms with E-state index in [1.807, 2.05) is 0 Å². The summed E-state index contributed by atoms with van der Waals surface area (Å²) in [6.07, 6.45) is 4.98. The molecular weight excluding hydrogens is 186 g/mol. The number of nitrogens with two attached hydrogens (primary N) is 1. The minimum Gasteiger partial charge on any atom is -0.328 e. The lowest BCUT2D eigenvalue weighted by atomic mass is 10.1. The maximum atomic E-state index is 5.96. The third-order valence-corrected chi connectivity index (χ3v) is 3.39. The standard InChI is InChI=1S/C12H27N3/c1-4-11(13)7-9-15-8-5-6-12(15)10-14(2)3/h11-12H,4-10,13H2,1-3H3. The summed E-state index contributed by atoms with van der Waals surface area (Å²) in [5, 5.41) is 0. The molecule has 1 rings (SSSR count). The van der Waals surface area contributed by atoms with E-state index < -0.39 is 0 Å². The molecule has 0 aliphatic carbocycles. The molecule has 90 valence electrons. The van der Waals surface area contributed by atoms with Gasteiger partial charge in [0, 0.05) is 18.6 Å². The van der Waals surface area contributed by atoms with Crippen molar-refractivity contribution in [3.63, 3.8) is 0 Å². The van der Waals surface area contributed by atoms with Crippen molar-refractivity contribution >= 4 is 0 Å². The van der Waals surface area contributed by atoms with Crippen molar-refractivity contribution in [3.05, 3.63) is 0 Å². The Morgan fingerprint density at radius 2 is 2.20 bits per heavy atom. The number of hydrogen-bond donors (Lipinski definition) is 1. The second-order valence-corrected chi connectivity index (χ2v) is 5.05. The summed E-state index contributed by atoms with van der Waals surface area (Å²) < 4.78 is 0. The van der Waals surface area contributed by atoms with Gasteiger partial charge in [-0.25, -0.2) is 0 Å². The monoisotopic (exact) mass is 213 g/mol. The highest BCUT2D eigenvalue weighted by molar-refractivity contribution is 4.81. The Labute approximate surface area is 94.6 Å². The van der Waals surface area contributed by atoms with E-state index >= 15 is 0 Å². The molecule has 2 atom stereocenters. The Morgan fingerprint density at radius 1 is 1.47 bits per heavy atom. The lowest BCUT2D eigenvalue weighted by Gasteiger charge is -2.27. The van der Waals surface area contributed by atoms with Gasteiger partial charge < -0.3 is 10.6 Å². The predicted octanol–water partition coefficient (Wildman–Crippen LogP) is 1.14. The maximum absolute atomic E-state index is 5.96. The molecule has 1 fully saturated rings. The molecule has 0 aromatic rings. The molecule has 0 radical (unpaired) electrons. The quantitative estimate of drug-likeness (QED) is 0.718.